The van der Waals surface area contributed by atoms with Gasteiger partial charge in [0.1, 0.15) is 5.82 Å². The van der Waals surface area contributed by atoms with Gasteiger partial charge in [-0.3, -0.25) is 4.79 Å². The van der Waals surface area contributed by atoms with Crippen LogP contribution in [0.2, 0.25) is 0 Å². The second-order valence-electron chi connectivity index (χ2n) is 6.92. The number of carboxylic acids is 1. The maximum Gasteiger partial charge on any atom is 0.377 e. The van der Waals surface area contributed by atoms with Crippen LogP contribution >= 0.6 is 0 Å². The smallest absolute Gasteiger partial charge is 0.377 e. The van der Waals surface area contributed by atoms with Crippen LogP contribution in [0.4, 0.5) is 4.39 Å². The highest BCUT2D eigenvalue weighted by atomic mass is 19.1. The molecule has 0 fully saturated rings. The summed E-state index contributed by atoms with van der Waals surface area (Å²) in [6.45, 7) is 2.03. The van der Waals surface area contributed by atoms with Crippen LogP contribution in [0.25, 0.3) is 12.2 Å². The number of aliphatic carboxylic acids is 1. The maximum absolute atomic E-state index is 13.1. The minimum absolute atomic E-state index is 0.187. The first-order valence-electron chi connectivity index (χ1n) is 9.32. The minimum atomic E-state index is -1.48. The third-order valence-corrected chi connectivity index (χ3v) is 4.67. The topological polar surface area (TPSA) is 54.4 Å². The third-order valence-electron chi connectivity index (χ3n) is 4.67. The maximum atomic E-state index is 13.1. The van der Waals surface area contributed by atoms with Crippen LogP contribution in [-0.4, -0.2) is 16.9 Å². The summed E-state index contributed by atoms with van der Waals surface area (Å²) in [6, 6.07) is 19.4. The molecule has 29 heavy (non-hydrogen) atoms. The van der Waals surface area contributed by atoms with Crippen molar-refractivity contribution < 1.29 is 19.1 Å². The van der Waals surface area contributed by atoms with E-state index in [2.05, 4.69) is 6.07 Å². The van der Waals surface area contributed by atoms with Crippen LogP contribution in [0.5, 0.6) is 0 Å². The van der Waals surface area contributed by atoms with Crippen LogP contribution in [0.3, 0.4) is 0 Å². The van der Waals surface area contributed by atoms with Crippen LogP contribution in [-0.2, 0) is 17.6 Å². The normalized spacial score (nSPS) is 11.0. The van der Waals surface area contributed by atoms with Gasteiger partial charge in [-0.05, 0) is 60.2 Å². The van der Waals surface area contributed by atoms with Gasteiger partial charge < -0.3 is 5.11 Å². The SMILES string of the molecule is Cc1cccc(/C=C/c2ccc(C(=O)C(=O)O)c(CCc3ccc(F)cc3)c2)c1. The summed E-state index contributed by atoms with van der Waals surface area (Å²) in [6.07, 6.45) is 4.97. The Morgan fingerprint density at radius 2 is 1.59 bits per heavy atom. The summed E-state index contributed by atoms with van der Waals surface area (Å²) in [7, 11) is 0. The molecule has 0 spiro atoms. The summed E-state index contributed by atoms with van der Waals surface area (Å²) in [5.74, 6) is -2.71. The fourth-order valence-electron chi connectivity index (χ4n) is 3.16. The van der Waals surface area contributed by atoms with Crippen LogP contribution in [0.1, 0.15) is 38.2 Å². The molecular weight excluding hydrogens is 367 g/mol. The second kappa shape index (κ2) is 9.11. The number of carbonyl (C=O) groups is 2. The Labute approximate surface area is 169 Å². The van der Waals surface area contributed by atoms with E-state index >= 15 is 0 Å². The molecule has 3 rings (SSSR count). The van der Waals surface area contributed by atoms with E-state index in [0.29, 0.717) is 18.4 Å². The fraction of sp³-hybridized carbons (Fsp3) is 0.120. The Morgan fingerprint density at radius 3 is 2.24 bits per heavy atom. The predicted octanol–water partition coefficient (Wildman–Crippen LogP) is 5.36. The van der Waals surface area contributed by atoms with E-state index in [1.165, 1.54) is 12.1 Å². The van der Waals surface area contributed by atoms with E-state index in [1.807, 2.05) is 43.3 Å². The first kappa shape index (κ1) is 20.2. The van der Waals surface area contributed by atoms with Crippen molar-refractivity contribution in [2.24, 2.45) is 0 Å². The summed E-state index contributed by atoms with van der Waals surface area (Å²) in [5.41, 5.74) is 4.86. The number of ketones is 1. The average Bonchev–Trinajstić information content (AvgIpc) is 2.71. The molecule has 0 aliphatic rings. The highest BCUT2D eigenvalue weighted by Gasteiger charge is 2.18. The summed E-state index contributed by atoms with van der Waals surface area (Å²) in [5, 5.41) is 9.12. The largest absolute Gasteiger partial charge is 0.475 e. The van der Waals surface area contributed by atoms with E-state index in [-0.39, 0.29) is 11.4 Å². The van der Waals surface area contributed by atoms with Gasteiger partial charge in [0.05, 0.1) is 0 Å². The van der Waals surface area contributed by atoms with E-state index in [9.17, 15) is 14.0 Å². The van der Waals surface area contributed by atoms with Gasteiger partial charge in [0.2, 0.25) is 0 Å². The number of halogens is 1. The zero-order chi connectivity index (χ0) is 20.8. The monoisotopic (exact) mass is 388 g/mol. The lowest BCUT2D eigenvalue weighted by atomic mass is 9.95. The van der Waals surface area contributed by atoms with Crippen molar-refractivity contribution >= 4 is 23.9 Å². The first-order valence-corrected chi connectivity index (χ1v) is 9.32. The Morgan fingerprint density at radius 1 is 0.897 bits per heavy atom. The van der Waals surface area contributed by atoms with Gasteiger partial charge in [0, 0.05) is 5.56 Å². The van der Waals surface area contributed by atoms with Crippen molar-refractivity contribution in [3.8, 4) is 0 Å². The lowest BCUT2D eigenvalue weighted by Gasteiger charge is -2.09. The summed E-state index contributed by atoms with van der Waals surface area (Å²) in [4.78, 5) is 23.3. The quantitative estimate of drug-likeness (QED) is 0.337. The molecule has 0 atom stereocenters. The van der Waals surface area contributed by atoms with E-state index in [1.54, 1.807) is 24.3 Å². The fourth-order valence-corrected chi connectivity index (χ4v) is 3.16. The van der Waals surface area contributed by atoms with Crippen LogP contribution in [0, 0.1) is 12.7 Å². The molecule has 3 nitrogen and oxygen atoms in total. The molecule has 1 N–H and O–H groups in total. The highest BCUT2D eigenvalue weighted by molar-refractivity contribution is 6.40. The number of Topliss-reactive ketones (excluding diaryl/α,β-unsaturated/α-hetero) is 1. The van der Waals surface area contributed by atoms with E-state index in [0.717, 1.165) is 22.3 Å². The average molecular weight is 388 g/mol. The third kappa shape index (κ3) is 5.48. The second-order valence-corrected chi connectivity index (χ2v) is 6.92. The zero-order valence-corrected chi connectivity index (χ0v) is 16.1. The molecule has 0 heterocycles. The molecule has 0 radical (unpaired) electrons. The van der Waals surface area contributed by atoms with Gasteiger partial charge in [-0.25, -0.2) is 9.18 Å². The molecule has 146 valence electrons. The van der Waals surface area contributed by atoms with Crippen molar-refractivity contribution in [3.05, 3.63) is 106 Å². The molecule has 0 aliphatic heterocycles. The van der Waals surface area contributed by atoms with Crippen LogP contribution in [0.15, 0.2) is 66.7 Å². The molecule has 4 heteroatoms. The molecule has 0 aliphatic carbocycles. The van der Waals surface area contributed by atoms with Gasteiger partial charge in [-0.2, -0.15) is 0 Å². The number of hydrogen-bond acceptors (Lipinski definition) is 2. The number of hydrogen-bond donors (Lipinski definition) is 1. The van der Waals surface area contributed by atoms with E-state index in [4.69, 9.17) is 5.11 Å². The molecular formula is C25H21FO3. The van der Waals surface area contributed by atoms with Crippen molar-refractivity contribution in [2.45, 2.75) is 19.8 Å². The van der Waals surface area contributed by atoms with Gasteiger partial charge in [-0.1, -0.05) is 66.2 Å². The number of benzene rings is 3. The molecule has 0 aromatic heterocycles. The van der Waals surface area contributed by atoms with Crippen molar-refractivity contribution in [3.63, 3.8) is 0 Å². The molecule has 0 unspecified atom stereocenters. The highest BCUT2D eigenvalue weighted by Crippen LogP contribution is 2.19. The Balaban J connectivity index is 1.87. The molecule has 0 saturated heterocycles. The molecule has 0 saturated carbocycles. The van der Waals surface area contributed by atoms with Crippen molar-refractivity contribution in [1.29, 1.82) is 0 Å². The lowest BCUT2D eigenvalue weighted by molar-refractivity contribution is -0.131. The van der Waals surface area contributed by atoms with E-state index < -0.39 is 11.8 Å². The van der Waals surface area contributed by atoms with Crippen molar-refractivity contribution in [2.75, 3.05) is 0 Å². The standard InChI is InChI=1S/C25H21FO3/c1-17-3-2-4-19(15-17)5-6-20-10-14-23(24(27)25(28)29)21(16-20)11-7-18-8-12-22(26)13-9-18/h2-6,8-10,12-16H,7,11H2,1H3,(H,28,29)/b6-5+. The molecule has 0 amide bonds. The number of carbonyl (C=O) groups excluding carboxylic acids is 1. The van der Waals surface area contributed by atoms with Gasteiger partial charge in [0.25, 0.3) is 5.78 Å². The Hall–Kier alpha value is -3.53. The Bertz CT molecular complexity index is 1070. The summed E-state index contributed by atoms with van der Waals surface area (Å²) < 4.78 is 13.1. The molecule has 3 aromatic carbocycles. The molecule has 0 bridgehead atoms. The van der Waals surface area contributed by atoms with Crippen molar-refractivity contribution in [1.82, 2.24) is 0 Å². The lowest BCUT2D eigenvalue weighted by Crippen LogP contribution is -2.15. The number of aryl methyl sites for hydroxylation is 3. The van der Waals surface area contributed by atoms with Gasteiger partial charge in [-0.15, -0.1) is 0 Å². The van der Waals surface area contributed by atoms with Crippen LogP contribution < -0.4 is 0 Å². The van der Waals surface area contributed by atoms with Gasteiger partial charge in [0.15, 0.2) is 0 Å². The minimum Gasteiger partial charge on any atom is -0.475 e. The zero-order valence-electron chi connectivity index (χ0n) is 16.1. The van der Waals surface area contributed by atoms with Gasteiger partial charge >= 0.3 is 5.97 Å². The first-order chi connectivity index (χ1) is 13.9. The number of rotatable bonds is 7. The predicted molar refractivity (Wildman–Crippen MR) is 112 cm³/mol. The summed E-state index contributed by atoms with van der Waals surface area (Å²) >= 11 is 0. The number of carboxylic acid groups (broad SMARTS) is 1. The Kier molecular flexibility index (Phi) is 6.35. The molecule has 3 aromatic rings.